The summed E-state index contributed by atoms with van der Waals surface area (Å²) in [5.74, 6) is -0.777. The average Bonchev–Trinajstić information content (AvgIpc) is 2.94. The first kappa shape index (κ1) is 14.5. The third kappa shape index (κ3) is 2.53. The number of benzene rings is 1. The molecule has 0 radical (unpaired) electrons. The van der Waals surface area contributed by atoms with Crippen LogP contribution in [0.2, 0.25) is 5.02 Å². The van der Waals surface area contributed by atoms with Gasteiger partial charge in [0.1, 0.15) is 5.82 Å². The molecule has 7 heteroatoms. The molecule has 2 heterocycles. The van der Waals surface area contributed by atoms with Gasteiger partial charge in [-0.05, 0) is 31.2 Å². The Morgan fingerprint density at radius 2 is 2.05 bits per heavy atom. The Morgan fingerprint density at radius 3 is 2.73 bits per heavy atom. The lowest BCUT2D eigenvalue weighted by Crippen LogP contribution is -2.13. The molecule has 0 fully saturated rings. The monoisotopic (exact) mass is 318 g/mol. The molecule has 3 rings (SSSR count). The van der Waals surface area contributed by atoms with Crippen molar-refractivity contribution >= 4 is 34.2 Å². The fraction of sp³-hybridized carbons (Fsp3) is 0.133. The molecule has 0 unspecified atom stereocenters. The zero-order valence-electron chi connectivity index (χ0n) is 11.7. The summed E-state index contributed by atoms with van der Waals surface area (Å²) in [5, 5.41) is 7.74. The van der Waals surface area contributed by atoms with Crippen molar-refractivity contribution in [1.82, 2.24) is 14.8 Å². The van der Waals surface area contributed by atoms with E-state index in [0.29, 0.717) is 28.3 Å². The molecule has 0 aliphatic carbocycles. The molecule has 0 saturated carbocycles. The number of anilines is 1. The Bertz CT molecular complexity index is 845. The number of rotatable bonds is 3. The number of carbonyl (C=O) groups excluding carboxylic acids is 1. The van der Waals surface area contributed by atoms with E-state index in [1.807, 2.05) is 6.92 Å². The predicted octanol–water partition coefficient (Wildman–Crippen LogP) is 3.50. The van der Waals surface area contributed by atoms with Gasteiger partial charge in [0.15, 0.2) is 5.65 Å². The Hall–Kier alpha value is -2.47. The van der Waals surface area contributed by atoms with E-state index in [4.69, 9.17) is 11.6 Å². The van der Waals surface area contributed by atoms with Crippen molar-refractivity contribution in [2.24, 2.45) is 0 Å². The standard InChI is InChI=1S/C15H12ClFN4O/c1-2-21-14-11(8-19-21)13(16)12(7-18-14)15(22)20-10-5-3-9(17)4-6-10/h3-8H,2H2,1H3,(H,20,22). The van der Waals surface area contributed by atoms with Gasteiger partial charge in [-0.2, -0.15) is 5.10 Å². The van der Waals surface area contributed by atoms with Crippen LogP contribution in [0.15, 0.2) is 36.7 Å². The number of fused-ring (bicyclic) bond motifs is 1. The number of halogens is 2. The molecule has 0 atom stereocenters. The van der Waals surface area contributed by atoms with Gasteiger partial charge in [-0.1, -0.05) is 11.6 Å². The van der Waals surface area contributed by atoms with E-state index in [2.05, 4.69) is 15.4 Å². The topological polar surface area (TPSA) is 59.8 Å². The summed E-state index contributed by atoms with van der Waals surface area (Å²) in [6, 6.07) is 5.48. The Kier molecular flexibility index (Phi) is 3.77. The number of carbonyl (C=O) groups is 1. The molecule has 1 aromatic carbocycles. The average molecular weight is 319 g/mol. The Balaban J connectivity index is 1.94. The first-order valence-electron chi connectivity index (χ1n) is 6.67. The lowest BCUT2D eigenvalue weighted by molar-refractivity contribution is 0.102. The van der Waals surface area contributed by atoms with Crippen molar-refractivity contribution in [2.45, 2.75) is 13.5 Å². The van der Waals surface area contributed by atoms with Gasteiger partial charge in [-0.15, -0.1) is 0 Å². The third-order valence-corrected chi connectivity index (χ3v) is 3.65. The second-order valence-corrected chi connectivity index (χ2v) is 5.02. The van der Waals surface area contributed by atoms with Crippen molar-refractivity contribution in [3.05, 3.63) is 53.1 Å². The number of hydrogen-bond acceptors (Lipinski definition) is 3. The fourth-order valence-electron chi connectivity index (χ4n) is 2.12. The Labute approximate surface area is 130 Å². The minimum Gasteiger partial charge on any atom is -0.322 e. The molecule has 5 nitrogen and oxygen atoms in total. The summed E-state index contributed by atoms with van der Waals surface area (Å²) < 4.78 is 14.6. The minimum absolute atomic E-state index is 0.245. The van der Waals surface area contributed by atoms with Crippen LogP contribution in [0.3, 0.4) is 0 Å². The summed E-state index contributed by atoms with van der Waals surface area (Å²) in [7, 11) is 0. The quantitative estimate of drug-likeness (QED) is 0.804. The van der Waals surface area contributed by atoms with Crippen molar-refractivity contribution in [2.75, 3.05) is 5.32 Å². The molecule has 0 saturated heterocycles. The number of aromatic nitrogens is 3. The van der Waals surface area contributed by atoms with Gasteiger partial charge in [0.25, 0.3) is 5.91 Å². The number of aryl methyl sites for hydroxylation is 1. The third-order valence-electron chi connectivity index (χ3n) is 3.25. The highest BCUT2D eigenvalue weighted by Gasteiger charge is 2.16. The molecule has 0 aliphatic heterocycles. The largest absolute Gasteiger partial charge is 0.322 e. The van der Waals surface area contributed by atoms with Gasteiger partial charge in [-0.3, -0.25) is 4.79 Å². The van der Waals surface area contributed by atoms with Gasteiger partial charge in [0.2, 0.25) is 0 Å². The zero-order chi connectivity index (χ0) is 15.7. The molecule has 22 heavy (non-hydrogen) atoms. The van der Waals surface area contributed by atoms with Crippen molar-refractivity contribution < 1.29 is 9.18 Å². The van der Waals surface area contributed by atoms with Crippen LogP contribution in [0.4, 0.5) is 10.1 Å². The van der Waals surface area contributed by atoms with Crippen LogP contribution in [0, 0.1) is 5.82 Å². The van der Waals surface area contributed by atoms with Gasteiger partial charge < -0.3 is 5.32 Å². The van der Waals surface area contributed by atoms with Gasteiger partial charge in [0, 0.05) is 18.4 Å². The van der Waals surface area contributed by atoms with Crippen LogP contribution < -0.4 is 5.32 Å². The fourth-order valence-corrected chi connectivity index (χ4v) is 2.39. The summed E-state index contributed by atoms with van der Waals surface area (Å²) in [5.41, 5.74) is 1.35. The van der Waals surface area contributed by atoms with Crippen LogP contribution >= 0.6 is 11.6 Å². The van der Waals surface area contributed by atoms with Gasteiger partial charge >= 0.3 is 0 Å². The summed E-state index contributed by atoms with van der Waals surface area (Å²) in [6.45, 7) is 2.60. The first-order valence-corrected chi connectivity index (χ1v) is 7.05. The molecule has 1 amide bonds. The van der Waals surface area contributed by atoms with Crippen LogP contribution in [0.1, 0.15) is 17.3 Å². The number of hydrogen-bond donors (Lipinski definition) is 1. The van der Waals surface area contributed by atoms with Crippen LogP contribution in [-0.2, 0) is 6.54 Å². The van der Waals surface area contributed by atoms with Crippen LogP contribution in [0.25, 0.3) is 11.0 Å². The number of nitrogens with zero attached hydrogens (tertiary/aromatic N) is 3. The highest BCUT2D eigenvalue weighted by molar-refractivity contribution is 6.38. The lowest BCUT2D eigenvalue weighted by atomic mass is 10.2. The van der Waals surface area contributed by atoms with Gasteiger partial charge in [0.05, 0.1) is 22.2 Å². The molecular weight excluding hydrogens is 307 g/mol. The maximum absolute atomic E-state index is 12.9. The molecular formula is C15H12ClFN4O. The number of nitrogens with one attached hydrogen (secondary N) is 1. The number of amides is 1. The van der Waals surface area contributed by atoms with E-state index in [1.165, 1.54) is 30.5 Å². The zero-order valence-corrected chi connectivity index (χ0v) is 12.4. The molecule has 1 N–H and O–H groups in total. The molecule has 2 aromatic heterocycles. The van der Waals surface area contributed by atoms with Gasteiger partial charge in [-0.25, -0.2) is 14.1 Å². The maximum atomic E-state index is 12.9. The first-order chi connectivity index (χ1) is 10.6. The number of pyridine rings is 1. The normalized spacial score (nSPS) is 10.9. The van der Waals surface area contributed by atoms with Crippen molar-refractivity contribution in [3.8, 4) is 0 Å². The SMILES string of the molecule is CCn1ncc2c(Cl)c(C(=O)Nc3ccc(F)cc3)cnc21. The highest BCUT2D eigenvalue weighted by Crippen LogP contribution is 2.26. The second kappa shape index (κ2) is 5.73. The minimum atomic E-state index is -0.407. The molecule has 112 valence electrons. The van der Waals surface area contributed by atoms with E-state index in [9.17, 15) is 9.18 Å². The molecule has 0 bridgehead atoms. The van der Waals surface area contributed by atoms with Crippen LogP contribution in [-0.4, -0.2) is 20.7 Å². The summed E-state index contributed by atoms with van der Waals surface area (Å²) in [6.07, 6.45) is 3.00. The summed E-state index contributed by atoms with van der Waals surface area (Å²) >= 11 is 6.28. The molecule has 0 spiro atoms. The molecule has 0 aliphatic rings. The summed E-state index contributed by atoms with van der Waals surface area (Å²) in [4.78, 5) is 16.5. The highest BCUT2D eigenvalue weighted by atomic mass is 35.5. The second-order valence-electron chi connectivity index (χ2n) is 4.64. The van der Waals surface area contributed by atoms with E-state index in [-0.39, 0.29) is 11.4 Å². The van der Waals surface area contributed by atoms with E-state index in [1.54, 1.807) is 10.9 Å². The van der Waals surface area contributed by atoms with Crippen molar-refractivity contribution in [1.29, 1.82) is 0 Å². The lowest BCUT2D eigenvalue weighted by Gasteiger charge is -2.07. The Morgan fingerprint density at radius 1 is 1.32 bits per heavy atom. The molecule has 3 aromatic rings. The van der Waals surface area contributed by atoms with Crippen molar-refractivity contribution in [3.63, 3.8) is 0 Å². The maximum Gasteiger partial charge on any atom is 0.258 e. The van der Waals surface area contributed by atoms with E-state index >= 15 is 0 Å². The predicted molar refractivity (Wildman–Crippen MR) is 82.6 cm³/mol. The smallest absolute Gasteiger partial charge is 0.258 e. The van der Waals surface area contributed by atoms with E-state index < -0.39 is 5.91 Å². The van der Waals surface area contributed by atoms with E-state index in [0.717, 1.165) is 0 Å². The van der Waals surface area contributed by atoms with Crippen LogP contribution in [0.5, 0.6) is 0 Å².